The number of phosphoric acid groups is 1. The fourth-order valence-electron chi connectivity index (χ4n) is 3.32. The van der Waals surface area contributed by atoms with Gasteiger partial charge in [-0.3, -0.25) is 9.09 Å². The first-order valence-corrected chi connectivity index (χ1v) is 11.9. The van der Waals surface area contributed by atoms with Gasteiger partial charge < -0.3 is 35.2 Å². The summed E-state index contributed by atoms with van der Waals surface area (Å²) in [6.45, 7) is -0.350. The van der Waals surface area contributed by atoms with E-state index in [1.54, 1.807) is 12.1 Å². The minimum absolute atomic E-state index is 0.163. The Morgan fingerprint density at radius 2 is 2.00 bits per heavy atom. The van der Waals surface area contributed by atoms with Gasteiger partial charge in [-0.25, -0.2) is 19.5 Å². The van der Waals surface area contributed by atoms with Crippen LogP contribution in [-0.2, 0) is 20.4 Å². The second kappa shape index (κ2) is 9.15. The number of phenols is 1. The molecule has 3 aromatic rings. The van der Waals surface area contributed by atoms with Gasteiger partial charge in [0.05, 0.1) is 16.5 Å². The number of aromatic nitrogens is 4. The lowest BCUT2D eigenvalue weighted by atomic mass is 10.1. The minimum atomic E-state index is -4.77. The van der Waals surface area contributed by atoms with Crippen molar-refractivity contribution in [1.82, 2.24) is 19.5 Å². The quantitative estimate of drug-likeness (QED) is 0.168. The fraction of sp³-hybridized carbons (Fsp3) is 0.353. The Labute approximate surface area is 194 Å². The van der Waals surface area contributed by atoms with Crippen molar-refractivity contribution in [2.45, 2.75) is 31.1 Å². The highest BCUT2D eigenvalue weighted by molar-refractivity contribution is 14.1. The SMILES string of the molecule is O=P(O)(O)OC[C@H]1O[C@@H](n2cnc3c(NCc4cccc(I)c4O)ncnc32)[C@H](O)[C@@H]1O. The fourth-order valence-corrected chi connectivity index (χ4v) is 4.21. The lowest BCUT2D eigenvalue weighted by Gasteiger charge is -2.16. The van der Waals surface area contributed by atoms with Crippen LogP contribution in [-0.4, -0.2) is 69.5 Å². The topological polar surface area (TPSA) is 192 Å². The standard InChI is InChI=1S/C17H19IN5O8P/c18-9-3-1-2-8(12(9)24)4-19-15-11-16(21-6-20-15)23(7-22-11)17-14(26)13(25)10(31-17)5-30-32(27,28)29/h1-3,6-7,10,13-14,17,24-26H,4-5H2,(H,19,20,21)(H2,27,28,29)/t10-,13-,14-,17-/m1/s1. The molecule has 32 heavy (non-hydrogen) atoms. The molecule has 13 nitrogen and oxygen atoms in total. The van der Waals surface area contributed by atoms with Crippen molar-refractivity contribution in [2.24, 2.45) is 0 Å². The molecule has 0 spiro atoms. The number of benzene rings is 1. The van der Waals surface area contributed by atoms with Crippen LogP contribution in [0.25, 0.3) is 11.2 Å². The number of aliphatic hydroxyl groups excluding tert-OH is 2. The summed E-state index contributed by atoms with van der Waals surface area (Å²) in [5, 5.41) is 33.9. The number of hydrogen-bond acceptors (Lipinski definition) is 10. The maximum absolute atomic E-state index is 10.9. The summed E-state index contributed by atoms with van der Waals surface area (Å²) in [5.41, 5.74) is 1.31. The number of nitrogens with zero attached hydrogens (tertiary/aromatic N) is 4. The number of nitrogens with one attached hydrogen (secondary N) is 1. The molecule has 1 aliphatic rings. The molecule has 0 amide bonds. The lowest BCUT2D eigenvalue weighted by Crippen LogP contribution is -2.33. The Morgan fingerprint density at radius 1 is 1.22 bits per heavy atom. The highest BCUT2D eigenvalue weighted by Gasteiger charge is 2.45. The van der Waals surface area contributed by atoms with Crippen LogP contribution in [0.5, 0.6) is 5.75 Å². The van der Waals surface area contributed by atoms with Crippen molar-refractivity contribution in [3.8, 4) is 5.75 Å². The summed E-state index contributed by atoms with van der Waals surface area (Å²) in [7, 11) is -4.77. The van der Waals surface area contributed by atoms with Crippen molar-refractivity contribution in [3.05, 3.63) is 40.0 Å². The van der Waals surface area contributed by atoms with Gasteiger partial charge in [0.1, 0.15) is 30.4 Å². The van der Waals surface area contributed by atoms with Crippen molar-refractivity contribution < 1.29 is 38.9 Å². The molecule has 2 aromatic heterocycles. The summed E-state index contributed by atoms with van der Waals surface area (Å²) in [6.07, 6.45) is -2.55. The number of phenolic OH excluding ortho intramolecular Hbond substituents is 1. The van der Waals surface area contributed by atoms with E-state index in [0.29, 0.717) is 26.1 Å². The van der Waals surface area contributed by atoms with Crippen molar-refractivity contribution >= 4 is 47.4 Å². The van der Waals surface area contributed by atoms with E-state index >= 15 is 0 Å². The number of rotatable bonds is 7. The molecular formula is C17H19IN5O8P. The number of anilines is 1. The monoisotopic (exact) mass is 579 g/mol. The minimum Gasteiger partial charge on any atom is -0.506 e. The van der Waals surface area contributed by atoms with Crippen molar-refractivity contribution in [2.75, 3.05) is 11.9 Å². The highest BCUT2D eigenvalue weighted by Crippen LogP contribution is 2.39. The normalized spacial score (nSPS) is 23.7. The first kappa shape index (κ1) is 23.3. The van der Waals surface area contributed by atoms with Crippen LogP contribution in [0.15, 0.2) is 30.9 Å². The van der Waals surface area contributed by atoms with E-state index in [2.05, 4.69) is 24.8 Å². The third-order valence-electron chi connectivity index (χ3n) is 4.89. The van der Waals surface area contributed by atoms with Crippen LogP contribution in [0.2, 0.25) is 0 Å². The number of aromatic hydroxyl groups is 1. The van der Waals surface area contributed by atoms with E-state index in [4.69, 9.17) is 14.5 Å². The first-order chi connectivity index (χ1) is 15.2. The van der Waals surface area contributed by atoms with Gasteiger partial charge in [-0.1, -0.05) is 12.1 Å². The molecule has 172 valence electrons. The third kappa shape index (κ3) is 4.72. The zero-order valence-corrected chi connectivity index (χ0v) is 19.2. The van der Waals surface area contributed by atoms with Crippen LogP contribution in [0.1, 0.15) is 11.8 Å². The van der Waals surface area contributed by atoms with E-state index in [-0.39, 0.29) is 12.3 Å². The molecule has 0 saturated carbocycles. The summed E-state index contributed by atoms with van der Waals surface area (Å²) >= 11 is 2.03. The predicted molar refractivity (Wildman–Crippen MR) is 117 cm³/mol. The van der Waals surface area contributed by atoms with Crippen LogP contribution < -0.4 is 5.32 Å². The molecule has 15 heteroatoms. The van der Waals surface area contributed by atoms with E-state index in [1.807, 2.05) is 28.7 Å². The molecule has 4 atom stereocenters. The van der Waals surface area contributed by atoms with Gasteiger partial charge in [-0.2, -0.15) is 0 Å². The molecule has 1 aliphatic heterocycles. The average molecular weight is 579 g/mol. The number of aliphatic hydroxyl groups is 2. The van der Waals surface area contributed by atoms with Crippen LogP contribution in [0.3, 0.4) is 0 Å². The summed E-state index contributed by atoms with van der Waals surface area (Å²) < 4.78 is 23.0. The van der Waals surface area contributed by atoms with Crippen LogP contribution in [0.4, 0.5) is 5.82 Å². The third-order valence-corrected chi connectivity index (χ3v) is 6.25. The molecule has 1 fully saturated rings. The molecule has 0 aliphatic carbocycles. The molecule has 1 aromatic carbocycles. The second-order valence-corrected chi connectivity index (χ2v) is 9.38. The number of halogens is 1. The highest BCUT2D eigenvalue weighted by atomic mass is 127. The van der Waals surface area contributed by atoms with Crippen molar-refractivity contribution in [3.63, 3.8) is 0 Å². The van der Waals surface area contributed by atoms with E-state index in [1.165, 1.54) is 17.2 Å². The summed E-state index contributed by atoms with van der Waals surface area (Å²) in [6, 6.07) is 5.37. The first-order valence-electron chi connectivity index (χ1n) is 9.25. The molecule has 0 bridgehead atoms. The number of imidazole rings is 1. The Balaban J connectivity index is 1.55. The largest absolute Gasteiger partial charge is 0.506 e. The van der Waals surface area contributed by atoms with Gasteiger partial charge in [0.15, 0.2) is 23.2 Å². The van der Waals surface area contributed by atoms with Gasteiger partial charge in [0.2, 0.25) is 0 Å². The van der Waals surface area contributed by atoms with E-state index in [0.717, 1.165) is 0 Å². The summed E-state index contributed by atoms with van der Waals surface area (Å²) in [5.74, 6) is 0.540. The zero-order valence-electron chi connectivity index (χ0n) is 16.2. The lowest BCUT2D eigenvalue weighted by molar-refractivity contribution is -0.0504. The predicted octanol–water partition coefficient (Wildman–Crippen LogP) is 0.477. The van der Waals surface area contributed by atoms with Gasteiger partial charge in [-0.15, -0.1) is 0 Å². The van der Waals surface area contributed by atoms with Gasteiger partial charge >= 0.3 is 7.82 Å². The molecule has 0 radical (unpaired) electrons. The molecular weight excluding hydrogens is 560 g/mol. The Kier molecular flexibility index (Phi) is 6.65. The zero-order chi connectivity index (χ0) is 23.0. The number of ether oxygens (including phenoxy) is 1. The second-order valence-electron chi connectivity index (χ2n) is 6.98. The number of fused-ring (bicyclic) bond motifs is 1. The van der Waals surface area contributed by atoms with Gasteiger partial charge in [0.25, 0.3) is 0 Å². The molecule has 6 N–H and O–H groups in total. The smallest absolute Gasteiger partial charge is 0.469 e. The number of phosphoric ester groups is 1. The number of para-hydroxylation sites is 1. The molecule has 3 heterocycles. The van der Waals surface area contributed by atoms with E-state index in [9.17, 15) is 19.9 Å². The molecule has 4 rings (SSSR count). The van der Waals surface area contributed by atoms with Crippen LogP contribution >= 0.6 is 30.4 Å². The number of hydrogen-bond donors (Lipinski definition) is 6. The molecule has 1 saturated heterocycles. The maximum atomic E-state index is 10.9. The Hall–Kier alpha value is -1.91. The maximum Gasteiger partial charge on any atom is 0.469 e. The summed E-state index contributed by atoms with van der Waals surface area (Å²) in [4.78, 5) is 30.3. The van der Waals surface area contributed by atoms with Gasteiger partial charge in [0, 0.05) is 12.1 Å². The van der Waals surface area contributed by atoms with Crippen molar-refractivity contribution in [1.29, 1.82) is 0 Å². The Bertz CT molecular complexity index is 1170. The molecule has 0 unspecified atom stereocenters. The Morgan fingerprint density at radius 3 is 2.75 bits per heavy atom. The average Bonchev–Trinajstić information content (AvgIpc) is 3.29. The van der Waals surface area contributed by atoms with Gasteiger partial charge in [-0.05, 0) is 28.7 Å². The van der Waals surface area contributed by atoms with E-state index < -0.39 is 39.0 Å². The van der Waals surface area contributed by atoms with Crippen LogP contribution in [0, 0.1) is 3.57 Å².